The lowest BCUT2D eigenvalue weighted by atomic mass is 10.3. The number of nitrogens with zero attached hydrogens (tertiary/aromatic N) is 3. The number of aromatic nitrogens is 4. The molecule has 96 valence electrons. The quantitative estimate of drug-likeness (QED) is 0.656. The lowest BCUT2D eigenvalue weighted by molar-refractivity contribution is 0.603. The number of aromatic amines is 1. The standard InChI is InChI=1S/C11H8F2N6/c12-5-1-2-7(13)8(3-5)16-9-6-4-15-19-10(6)18-11(14)17-9/h1-4H,(H4,14,15,16,17,18,19). The van der Waals surface area contributed by atoms with Gasteiger partial charge in [-0.1, -0.05) is 0 Å². The van der Waals surface area contributed by atoms with E-state index in [1.807, 2.05) is 0 Å². The van der Waals surface area contributed by atoms with E-state index >= 15 is 0 Å². The van der Waals surface area contributed by atoms with Gasteiger partial charge in [-0.05, 0) is 12.1 Å². The summed E-state index contributed by atoms with van der Waals surface area (Å²) in [6.07, 6.45) is 1.47. The van der Waals surface area contributed by atoms with Crippen LogP contribution in [0.3, 0.4) is 0 Å². The SMILES string of the molecule is Nc1nc(Nc2cc(F)ccc2F)c2cn[nH]c2n1. The smallest absolute Gasteiger partial charge is 0.224 e. The van der Waals surface area contributed by atoms with E-state index in [1.54, 1.807) is 0 Å². The average Bonchev–Trinajstić information content (AvgIpc) is 2.82. The molecule has 2 aromatic heterocycles. The van der Waals surface area contributed by atoms with Crippen molar-refractivity contribution in [1.82, 2.24) is 20.2 Å². The molecule has 1 aromatic carbocycles. The first-order valence-electron chi connectivity index (χ1n) is 5.32. The van der Waals surface area contributed by atoms with Crippen LogP contribution in [0, 0.1) is 11.6 Å². The van der Waals surface area contributed by atoms with Crippen molar-refractivity contribution in [3.63, 3.8) is 0 Å². The van der Waals surface area contributed by atoms with Crippen molar-refractivity contribution in [2.75, 3.05) is 11.1 Å². The molecule has 4 N–H and O–H groups in total. The van der Waals surface area contributed by atoms with Gasteiger partial charge in [-0.2, -0.15) is 15.1 Å². The fourth-order valence-corrected chi connectivity index (χ4v) is 1.67. The van der Waals surface area contributed by atoms with Gasteiger partial charge in [-0.15, -0.1) is 0 Å². The van der Waals surface area contributed by atoms with Crippen LogP contribution >= 0.6 is 0 Å². The Bertz CT molecular complexity index is 754. The molecular weight excluding hydrogens is 254 g/mol. The summed E-state index contributed by atoms with van der Waals surface area (Å²) in [4.78, 5) is 7.86. The van der Waals surface area contributed by atoms with Gasteiger partial charge in [0.25, 0.3) is 0 Å². The third-order valence-corrected chi connectivity index (χ3v) is 2.51. The number of rotatable bonds is 2. The number of H-pyrrole nitrogens is 1. The molecule has 0 aliphatic rings. The van der Waals surface area contributed by atoms with Crippen molar-refractivity contribution in [2.45, 2.75) is 0 Å². The first kappa shape index (κ1) is 11.3. The number of nitrogen functional groups attached to an aromatic ring is 1. The van der Waals surface area contributed by atoms with Crippen molar-refractivity contribution in [3.05, 3.63) is 36.0 Å². The van der Waals surface area contributed by atoms with Crippen LogP contribution in [0.1, 0.15) is 0 Å². The predicted octanol–water partition coefficient (Wildman–Crippen LogP) is 1.96. The molecule has 0 unspecified atom stereocenters. The van der Waals surface area contributed by atoms with Gasteiger partial charge in [-0.25, -0.2) is 8.78 Å². The molecule has 0 radical (unpaired) electrons. The van der Waals surface area contributed by atoms with Crippen molar-refractivity contribution in [1.29, 1.82) is 0 Å². The lowest BCUT2D eigenvalue weighted by Gasteiger charge is -2.08. The summed E-state index contributed by atoms with van der Waals surface area (Å²) in [5, 5.41) is 9.62. The fourth-order valence-electron chi connectivity index (χ4n) is 1.67. The van der Waals surface area contributed by atoms with Gasteiger partial charge in [0.1, 0.15) is 17.5 Å². The molecule has 0 aliphatic heterocycles. The van der Waals surface area contributed by atoms with Crippen LogP contribution in [0.15, 0.2) is 24.4 Å². The normalized spacial score (nSPS) is 10.8. The van der Waals surface area contributed by atoms with Crippen LogP contribution in [0.25, 0.3) is 11.0 Å². The Morgan fingerprint density at radius 2 is 2.05 bits per heavy atom. The van der Waals surface area contributed by atoms with Gasteiger partial charge in [0, 0.05) is 6.07 Å². The Balaban J connectivity index is 2.10. The molecule has 3 aromatic rings. The second-order valence-electron chi connectivity index (χ2n) is 3.81. The highest BCUT2D eigenvalue weighted by molar-refractivity contribution is 5.88. The number of hydrogen-bond donors (Lipinski definition) is 3. The summed E-state index contributed by atoms with van der Waals surface area (Å²) >= 11 is 0. The number of hydrogen-bond acceptors (Lipinski definition) is 5. The van der Waals surface area contributed by atoms with Crippen molar-refractivity contribution >= 4 is 28.5 Å². The maximum absolute atomic E-state index is 13.6. The molecule has 19 heavy (non-hydrogen) atoms. The molecule has 0 aliphatic carbocycles. The Hall–Kier alpha value is -2.77. The highest BCUT2D eigenvalue weighted by Crippen LogP contribution is 2.25. The van der Waals surface area contributed by atoms with Crippen LogP contribution in [0.5, 0.6) is 0 Å². The molecule has 0 saturated heterocycles. The van der Waals surface area contributed by atoms with E-state index < -0.39 is 11.6 Å². The van der Waals surface area contributed by atoms with Gasteiger partial charge in [0.05, 0.1) is 17.3 Å². The van der Waals surface area contributed by atoms with Crippen LogP contribution in [0.2, 0.25) is 0 Å². The first-order valence-corrected chi connectivity index (χ1v) is 5.32. The van der Waals surface area contributed by atoms with E-state index in [2.05, 4.69) is 25.5 Å². The molecule has 8 heteroatoms. The van der Waals surface area contributed by atoms with Gasteiger partial charge in [0.15, 0.2) is 5.65 Å². The van der Waals surface area contributed by atoms with Gasteiger partial charge in [-0.3, -0.25) is 5.10 Å². The van der Waals surface area contributed by atoms with E-state index in [0.29, 0.717) is 11.0 Å². The summed E-state index contributed by atoms with van der Waals surface area (Å²) in [6, 6.07) is 3.08. The van der Waals surface area contributed by atoms with Crippen LogP contribution in [-0.4, -0.2) is 20.2 Å². The van der Waals surface area contributed by atoms with Crippen LogP contribution in [-0.2, 0) is 0 Å². The van der Waals surface area contributed by atoms with Crippen molar-refractivity contribution in [3.8, 4) is 0 Å². The van der Waals surface area contributed by atoms with Crippen molar-refractivity contribution < 1.29 is 8.78 Å². The third kappa shape index (κ3) is 2.03. The summed E-state index contributed by atoms with van der Waals surface area (Å²) in [5.74, 6) is -0.915. The summed E-state index contributed by atoms with van der Waals surface area (Å²) < 4.78 is 26.7. The van der Waals surface area contributed by atoms with Gasteiger partial charge >= 0.3 is 0 Å². The second-order valence-corrected chi connectivity index (χ2v) is 3.81. The van der Waals surface area contributed by atoms with Crippen molar-refractivity contribution in [2.24, 2.45) is 0 Å². The topological polar surface area (TPSA) is 92.5 Å². The van der Waals surface area contributed by atoms with E-state index in [-0.39, 0.29) is 17.5 Å². The average molecular weight is 262 g/mol. The number of fused-ring (bicyclic) bond motifs is 1. The van der Waals surface area contributed by atoms with E-state index in [9.17, 15) is 8.78 Å². The monoisotopic (exact) mass is 262 g/mol. The molecule has 0 bridgehead atoms. The third-order valence-electron chi connectivity index (χ3n) is 2.51. The molecule has 0 atom stereocenters. The molecule has 6 nitrogen and oxygen atoms in total. The minimum Gasteiger partial charge on any atom is -0.368 e. The maximum Gasteiger partial charge on any atom is 0.224 e. The Labute approximate surface area is 105 Å². The molecule has 0 spiro atoms. The molecule has 0 amide bonds. The summed E-state index contributed by atoms with van der Waals surface area (Å²) in [5.41, 5.74) is 5.90. The number of halogens is 2. The zero-order chi connectivity index (χ0) is 13.4. The minimum absolute atomic E-state index is 0.00365. The fraction of sp³-hybridized carbons (Fsp3) is 0. The Kier molecular flexibility index (Phi) is 2.48. The summed E-state index contributed by atoms with van der Waals surface area (Å²) in [6.45, 7) is 0. The van der Waals surface area contributed by atoms with Crippen LogP contribution < -0.4 is 11.1 Å². The molecule has 2 heterocycles. The van der Waals surface area contributed by atoms with E-state index in [0.717, 1.165) is 18.2 Å². The second kappa shape index (κ2) is 4.16. The maximum atomic E-state index is 13.6. The first-order chi connectivity index (χ1) is 9.13. The zero-order valence-electron chi connectivity index (χ0n) is 9.48. The number of nitrogens with one attached hydrogen (secondary N) is 2. The molecular formula is C11H8F2N6. The van der Waals surface area contributed by atoms with Gasteiger partial charge < -0.3 is 11.1 Å². The van der Waals surface area contributed by atoms with E-state index in [4.69, 9.17) is 5.73 Å². The minimum atomic E-state index is -0.602. The Morgan fingerprint density at radius 1 is 1.21 bits per heavy atom. The summed E-state index contributed by atoms with van der Waals surface area (Å²) in [7, 11) is 0. The zero-order valence-corrected chi connectivity index (χ0v) is 9.48. The largest absolute Gasteiger partial charge is 0.368 e. The molecule has 0 fully saturated rings. The highest BCUT2D eigenvalue weighted by Gasteiger charge is 2.11. The number of benzene rings is 1. The number of nitrogens with two attached hydrogens (primary N) is 1. The van der Waals surface area contributed by atoms with E-state index in [1.165, 1.54) is 6.20 Å². The highest BCUT2D eigenvalue weighted by atomic mass is 19.1. The predicted molar refractivity (Wildman–Crippen MR) is 65.7 cm³/mol. The lowest BCUT2D eigenvalue weighted by Crippen LogP contribution is -2.02. The van der Waals surface area contributed by atoms with Crippen LogP contribution in [0.4, 0.5) is 26.2 Å². The van der Waals surface area contributed by atoms with Gasteiger partial charge in [0.2, 0.25) is 5.95 Å². The number of anilines is 3. The molecule has 0 saturated carbocycles. The Morgan fingerprint density at radius 3 is 2.89 bits per heavy atom. The molecule has 3 rings (SSSR count).